The van der Waals surface area contributed by atoms with E-state index in [0.29, 0.717) is 48.0 Å². The van der Waals surface area contributed by atoms with Crippen molar-refractivity contribution < 1.29 is 34.2 Å². The number of rotatable bonds is 8. The van der Waals surface area contributed by atoms with Gasteiger partial charge in [-0.25, -0.2) is 0 Å². The summed E-state index contributed by atoms with van der Waals surface area (Å²) < 4.78 is 0.679. The molecule has 0 radical (unpaired) electrons. The summed E-state index contributed by atoms with van der Waals surface area (Å²) in [5.41, 5.74) is -0.0783. The van der Waals surface area contributed by atoms with Gasteiger partial charge in [-0.05, 0) is 13.3 Å². The number of nitrogens with zero attached hydrogens (tertiary/aromatic N) is 3. The van der Waals surface area contributed by atoms with Crippen LogP contribution in [0.4, 0.5) is 0 Å². The second kappa shape index (κ2) is 9.42. The highest BCUT2D eigenvalue weighted by molar-refractivity contribution is 8.03. The van der Waals surface area contributed by atoms with Gasteiger partial charge < -0.3 is 39.7 Å². The first-order valence-corrected chi connectivity index (χ1v) is 12.9. The Morgan fingerprint density at radius 1 is 1.35 bits per heavy atom. The van der Waals surface area contributed by atoms with E-state index in [9.17, 15) is 29.7 Å². The first-order valence-electron chi connectivity index (χ1n) is 12.1. The SMILES string of the molecule is CC(O)C1C(=O)N2C(C(=O)[O-])=C(SC3CNC(C(=O)N4CCC([N+](C)(C)CCO)C4)C3)C(C)[C@H]12. The number of carbonyl (C=O) groups excluding carboxylic acids is 3. The number of hydrogen-bond acceptors (Lipinski definition) is 8. The van der Waals surface area contributed by atoms with Crippen LogP contribution < -0.4 is 10.4 Å². The number of β-lactam (4-membered cyclic amide) rings is 1. The third-order valence-corrected chi connectivity index (χ3v) is 9.64. The molecular formula is C23H36N4O6S. The Morgan fingerprint density at radius 3 is 2.68 bits per heavy atom. The number of likely N-dealkylation sites (tertiary alicyclic amines) is 1. The van der Waals surface area contributed by atoms with Crippen LogP contribution in [0.15, 0.2) is 10.6 Å². The summed E-state index contributed by atoms with van der Waals surface area (Å²) >= 11 is 1.42. The van der Waals surface area contributed by atoms with Gasteiger partial charge in [0.25, 0.3) is 0 Å². The molecule has 4 heterocycles. The number of likely N-dealkylation sites (N-methyl/N-ethyl adjacent to an activating group) is 1. The molecule has 0 aliphatic carbocycles. The lowest BCUT2D eigenvalue weighted by Crippen LogP contribution is -2.64. The van der Waals surface area contributed by atoms with Crippen LogP contribution in [-0.4, -0.2) is 119 Å². The standard InChI is InChI=1S/C23H36N4O6S/c1-12-18-17(13(2)29)22(31)26(18)19(23(32)33)20(12)34-15-9-16(24-10-15)21(30)25-6-5-14(11-25)27(3,4)7-8-28/h12-18,24,28-29H,5-11H2,1-4H3/t12?,13?,14?,15?,16?,17?,18-/m1/s1. The minimum atomic E-state index is -1.38. The number of carboxylic acids is 1. The van der Waals surface area contributed by atoms with Crippen molar-refractivity contribution in [2.75, 3.05) is 46.9 Å². The summed E-state index contributed by atoms with van der Waals surface area (Å²) in [6, 6.07) is -0.393. The van der Waals surface area contributed by atoms with Gasteiger partial charge in [-0.15, -0.1) is 11.8 Å². The predicted molar refractivity (Wildman–Crippen MR) is 124 cm³/mol. The Kier molecular flexibility index (Phi) is 7.05. The fourth-order valence-electron chi connectivity index (χ4n) is 6.00. The van der Waals surface area contributed by atoms with Crippen molar-refractivity contribution in [3.63, 3.8) is 0 Å². The van der Waals surface area contributed by atoms with E-state index in [1.54, 1.807) is 6.92 Å². The molecule has 0 bridgehead atoms. The van der Waals surface area contributed by atoms with Crippen LogP contribution in [-0.2, 0) is 14.4 Å². The molecule has 7 atom stereocenters. The van der Waals surface area contributed by atoms with E-state index in [0.717, 1.165) is 6.42 Å². The Morgan fingerprint density at radius 2 is 2.06 bits per heavy atom. The van der Waals surface area contributed by atoms with Gasteiger partial charge in [-0.1, -0.05) is 6.92 Å². The second-order valence-corrected chi connectivity index (χ2v) is 12.0. The Balaban J connectivity index is 1.39. The lowest BCUT2D eigenvalue weighted by atomic mass is 9.79. The summed E-state index contributed by atoms with van der Waals surface area (Å²) in [6.07, 6.45) is 0.636. The highest BCUT2D eigenvalue weighted by atomic mass is 32.2. The average Bonchev–Trinajstić information content (AvgIpc) is 3.46. The molecule has 11 heteroatoms. The number of aliphatic carboxylic acids is 1. The lowest BCUT2D eigenvalue weighted by molar-refractivity contribution is -0.913. The summed E-state index contributed by atoms with van der Waals surface area (Å²) in [5, 5.41) is 34.6. The van der Waals surface area contributed by atoms with Crippen molar-refractivity contribution in [1.29, 1.82) is 0 Å². The largest absolute Gasteiger partial charge is 0.543 e. The van der Waals surface area contributed by atoms with Crippen molar-refractivity contribution in [1.82, 2.24) is 15.1 Å². The van der Waals surface area contributed by atoms with Crippen molar-refractivity contribution in [3.8, 4) is 0 Å². The van der Waals surface area contributed by atoms with Crippen molar-refractivity contribution in [2.45, 2.75) is 56.2 Å². The average molecular weight is 497 g/mol. The summed E-state index contributed by atoms with van der Waals surface area (Å²) in [7, 11) is 4.16. The number of amides is 2. The van der Waals surface area contributed by atoms with Crippen LogP contribution in [0.3, 0.4) is 0 Å². The molecule has 190 valence electrons. The smallest absolute Gasteiger partial charge is 0.239 e. The van der Waals surface area contributed by atoms with Gasteiger partial charge in [0.05, 0.1) is 63.0 Å². The van der Waals surface area contributed by atoms with Crippen LogP contribution in [0.2, 0.25) is 0 Å². The van der Waals surface area contributed by atoms with Crippen molar-refractivity contribution in [3.05, 3.63) is 10.6 Å². The highest BCUT2D eigenvalue weighted by Gasteiger charge is 2.59. The Bertz CT molecular complexity index is 893. The Labute approximate surface area is 204 Å². The highest BCUT2D eigenvalue weighted by Crippen LogP contribution is 2.51. The van der Waals surface area contributed by atoms with E-state index in [1.807, 2.05) is 11.8 Å². The predicted octanol–water partition coefficient (Wildman–Crippen LogP) is -2.06. The maximum atomic E-state index is 13.2. The molecule has 0 aromatic heterocycles. The molecule has 34 heavy (non-hydrogen) atoms. The van der Waals surface area contributed by atoms with Crippen LogP contribution in [0.1, 0.15) is 26.7 Å². The normalized spacial score (nSPS) is 34.5. The van der Waals surface area contributed by atoms with E-state index in [4.69, 9.17) is 0 Å². The number of hydrogen-bond donors (Lipinski definition) is 3. The molecule has 6 unspecified atom stereocenters. The lowest BCUT2D eigenvalue weighted by Gasteiger charge is -2.47. The van der Waals surface area contributed by atoms with Gasteiger partial charge in [0.2, 0.25) is 11.8 Å². The molecule has 4 rings (SSSR count). The first-order chi connectivity index (χ1) is 16.0. The van der Waals surface area contributed by atoms with Gasteiger partial charge in [-0.2, -0.15) is 0 Å². The number of carbonyl (C=O) groups is 3. The van der Waals surface area contributed by atoms with Gasteiger partial charge in [0, 0.05) is 35.6 Å². The number of nitrogens with one attached hydrogen (secondary N) is 1. The van der Waals surface area contributed by atoms with E-state index in [-0.39, 0.29) is 47.4 Å². The fourth-order valence-corrected chi connectivity index (χ4v) is 7.48. The Hall–Kier alpha value is -1.66. The molecule has 10 nitrogen and oxygen atoms in total. The zero-order chi connectivity index (χ0) is 24.9. The third kappa shape index (κ3) is 4.26. The maximum absolute atomic E-state index is 13.2. The molecule has 0 aromatic rings. The van der Waals surface area contributed by atoms with Crippen molar-refractivity contribution in [2.24, 2.45) is 11.8 Å². The van der Waals surface area contributed by atoms with Crippen LogP contribution >= 0.6 is 11.8 Å². The molecule has 4 aliphatic rings. The molecule has 0 aromatic carbocycles. The minimum absolute atomic E-state index is 0.000404. The maximum Gasteiger partial charge on any atom is 0.239 e. The van der Waals surface area contributed by atoms with Crippen LogP contribution in [0.25, 0.3) is 0 Å². The van der Waals surface area contributed by atoms with Crippen LogP contribution in [0.5, 0.6) is 0 Å². The van der Waals surface area contributed by atoms with Gasteiger partial charge in [0.1, 0.15) is 12.6 Å². The molecular weight excluding hydrogens is 460 g/mol. The zero-order valence-electron chi connectivity index (χ0n) is 20.3. The summed E-state index contributed by atoms with van der Waals surface area (Å²) in [4.78, 5) is 41.4. The van der Waals surface area contributed by atoms with Gasteiger partial charge in [-0.3, -0.25) is 9.59 Å². The fraction of sp³-hybridized carbons (Fsp3) is 0.783. The van der Waals surface area contributed by atoms with E-state index in [2.05, 4.69) is 19.4 Å². The number of fused-ring (bicyclic) bond motifs is 1. The number of aliphatic hydroxyl groups is 2. The molecule has 4 aliphatic heterocycles. The molecule has 2 amide bonds. The summed E-state index contributed by atoms with van der Waals surface area (Å²) in [6.45, 7) is 6.14. The second-order valence-electron chi connectivity index (χ2n) is 10.6. The number of aliphatic hydroxyl groups excluding tert-OH is 2. The van der Waals surface area contributed by atoms with Crippen molar-refractivity contribution >= 4 is 29.5 Å². The topological polar surface area (TPSA) is 133 Å². The third-order valence-electron chi connectivity index (χ3n) is 8.12. The van der Waals surface area contributed by atoms with E-state index in [1.165, 1.54) is 16.7 Å². The summed E-state index contributed by atoms with van der Waals surface area (Å²) in [5.74, 6) is -2.49. The quantitative estimate of drug-likeness (QED) is 0.258. The first kappa shape index (κ1) is 25.4. The molecule has 0 spiro atoms. The van der Waals surface area contributed by atoms with Crippen LogP contribution in [0, 0.1) is 11.8 Å². The number of thioether (sulfide) groups is 1. The molecule has 0 saturated carbocycles. The number of quaternary nitrogens is 1. The van der Waals surface area contributed by atoms with Gasteiger partial charge >= 0.3 is 0 Å². The molecule has 3 fully saturated rings. The van der Waals surface area contributed by atoms with E-state index >= 15 is 0 Å². The monoisotopic (exact) mass is 496 g/mol. The molecule has 3 N–H and O–H groups in total. The van der Waals surface area contributed by atoms with E-state index < -0.39 is 18.0 Å². The van der Waals surface area contributed by atoms with Gasteiger partial charge in [0.15, 0.2) is 0 Å². The zero-order valence-corrected chi connectivity index (χ0v) is 21.1. The number of carboxylic acid groups (broad SMARTS) is 1. The molecule has 3 saturated heterocycles. The minimum Gasteiger partial charge on any atom is -0.543 e.